The average molecular weight is 297 g/mol. The summed E-state index contributed by atoms with van der Waals surface area (Å²) in [4.78, 5) is 12.6. The van der Waals surface area contributed by atoms with Crippen molar-refractivity contribution in [3.05, 3.63) is 0 Å². The first-order valence-corrected chi connectivity index (χ1v) is 7.60. The van der Waals surface area contributed by atoms with Gasteiger partial charge in [-0.1, -0.05) is 13.8 Å². The van der Waals surface area contributed by atoms with E-state index in [1.54, 1.807) is 0 Å². The molecule has 0 aliphatic rings. The van der Waals surface area contributed by atoms with E-state index in [1.165, 1.54) is 0 Å². The molecule has 7 heteroatoms. The van der Waals surface area contributed by atoms with Crippen LogP contribution in [0.5, 0.6) is 6.01 Å². The van der Waals surface area contributed by atoms with E-state index in [9.17, 15) is 0 Å². The molecule has 2 N–H and O–H groups in total. The summed E-state index contributed by atoms with van der Waals surface area (Å²) >= 11 is 0. The fraction of sp³-hybridized carbons (Fsp3) is 0.786. The van der Waals surface area contributed by atoms with Crippen molar-refractivity contribution in [1.82, 2.24) is 15.0 Å². The number of hydrogen-bond acceptors (Lipinski definition) is 7. The molecule has 0 amide bonds. The average Bonchev–Trinajstić information content (AvgIpc) is 2.43. The first-order chi connectivity index (χ1) is 10.2. The molecule has 0 aliphatic carbocycles. The van der Waals surface area contributed by atoms with Gasteiger partial charge in [-0.05, 0) is 26.2 Å². The van der Waals surface area contributed by atoms with E-state index in [0.29, 0.717) is 43.6 Å². The molecule has 0 fully saturated rings. The topological polar surface area (TPSA) is 81.2 Å². The summed E-state index contributed by atoms with van der Waals surface area (Å²) in [7, 11) is 0. The van der Waals surface area contributed by atoms with Gasteiger partial charge in [0.2, 0.25) is 11.9 Å². The molecule has 120 valence electrons. The summed E-state index contributed by atoms with van der Waals surface area (Å²) in [5.41, 5.74) is 0. The molecule has 7 nitrogen and oxygen atoms in total. The third kappa shape index (κ3) is 7.65. The van der Waals surface area contributed by atoms with Crippen molar-refractivity contribution in [3.8, 4) is 6.01 Å². The lowest BCUT2D eigenvalue weighted by atomic mass is 10.1. The molecule has 0 aliphatic heterocycles. The Labute approximate surface area is 126 Å². The lowest BCUT2D eigenvalue weighted by molar-refractivity contribution is 0.132. The molecule has 0 saturated heterocycles. The van der Waals surface area contributed by atoms with Gasteiger partial charge in [-0.3, -0.25) is 0 Å². The molecule has 0 spiro atoms. The Morgan fingerprint density at radius 1 is 1.00 bits per heavy atom. The van der Waals surface area contributed by atoms with Crippen LogP contribution in [0.25, 0.3) is 0 Å². The van der Waals surface area contributed by atoms with Crippen molar-refractivity contribution in [2.24, 2.45) is 5.92 Å². The first-order valence-electron chi connectivity index (χ1n) is 7.60. The van der Waals surface area contributed by atoms with Gasteiger partial charge in [-0.25, -0.2) is 0 Å². The fourth-order valence-electron chi connectivity index (χ4n) is 1.52. The minimum Gasteiger partial charge on any atom is -0.464 e. The monoisotopic (exact) mass is 297 g/mol. The second kappa shape index (κ2) is 10.1. The molecular formula is C14H27N5O2. The summed E-state index contributed by atoms with van der Waals surface area (Å²) in [6.07, 6.45) is 1.07. The smallest absolute Gasteiger partial charge is 0.323 e. The minimum absolute atomic E-state index is 0.326. The van der Waals surface area contributed by atoms with Crippen LogP contribution in [0.2, 0.25) is 0 Å². The maximum Gasteiger partial charge on any atom is 0.323 e. The highest BCUT2D eigenvalue weighted by molar-refractivity contribution is 5.35. The predicted molar refractivity (Wildman–Crippen MR) is 83.9 cm³/mol. The highest BCUT2D eigenvalue weighted by Crippen LogP contribution is 2.10. The van der Waals surface area contributed by atoms with Crippen molar-refractivity contribution in [2.45, 2.75) is 34.1 Å². The van der Waals surface area contributed by atoms with Crippen molar-refractivity contribution in [1.29, 1.82) is 0 Å². The number of nitrogens with zero attached hydrogens (tertiary/aromatic N) is 3. The normalized spacial score (nSPS) is 10.7. The molecule has 1 rings (SSSR count). The quantitative estimate of drug-likeness (QED) is 0.606. The van der Waals surface area contributed by atoms with Crippen LogP contribution in [-0.2, 0) is 4.74 Å². The molecule has 21 heavy (non-hydrogen) atoms. The van der Waals surface area contributed by atoms with E-state index >= 15 is 0 Å². The number of nitrogens with one attached hydrogen (secondary N) is 2. The Bertz CT molecular complexity index is 377. The molecule has 1 aromatic rings. The zero-order chi connectivity index (χ0) is 15.5. The first kappa shape index (κ1) is 17.4. The number of anilines is 2. The largest absolute Gasteiger partial charge is 0.464 e. The van der Waals surface area contributed by atoms with E-state index in [1.807, 2.05) is 13.8 Å². The molecule has 0 atom stereocenters. The SMILES string of the molecule is CCNc1nc(NCCOCCC(C)C)nc(OCC)n1. The molecule has 0 bridgehead atoms. The highest BCUT2D eigenvalue weighted by atomic mass is 16.5. The minimum atomic E-state index is 0.326. The van der Waals surface area contributed by atoms with Crippen LogP contribution < -0.4 is 15.4 Å². The van der Waals surface area contributed by atoms with Crippen molar-refractivity contribution in [2.75, 3.05) is 43.5 Å². The molecule has 0 unspecified atom stereocenters. The zero-order valence-corrected chi connectivity index (χ0v) is 13.5. The van der Waals surface area contributed by atoms with Crippen LogP contribution in [0, 0.1) is 5.92 Å². The Kier molecular flexibility index (Phi) is 8.42. The summed E-state index contributed by atoms with van der Waals surface area (Å²) < 4.78 is 10.9. The second-order valence-electron chi connectivity index (χ2n) is 4.95. The molecule has 0 saturated carbocycles. The van der Waals surface area contributed by atoms with Crippen LogP contribution in [-0.4, -0.2) is 47.9 Å². The van der Waals surface area contributed by atoms with Crippen molar-refractivity contribution in [3.63, 3.8) is 0 Å². The maximum absolute atomic E-state index is 5.54. The number of ether oxygens (including phenoxy) is 2. The Hall–Kier alpha value is -1.63. The van der Waals surface area contributed by atoms with Gasteiger partial charge >= 0.3 is 6.01 Å². The van der Waals surface area contributed by atoms with Gasteiger partial charge in [0, 0.05) is 19.7 Å². The van der Waals surface area contributed by atoms with Gasteiger partial charge < -0.3 is 20.1 Å². The second-order valence-corrected chi connectivity index (χ2v) is 4.95. The van der Waals surface area contributed by atoms with E-state index < -0.39 is 0 Å². The van der Waals surface area contributed by atoms with Gasteiger partial charge in [0.15, 0.2) is 0 Å². The van der Waals surface area contributed by atoms with Crippen LogP contribution in [0.3, 0.4) is 0 Å². The summed E-state index contributed by atoms with van der Waals surface area (Å²) in [6.45, 7) is 11.6. The molecule has 1 heterocycles. The number of aromatic nitrogens is 3. The number of hydrogen-bond donors (Lipinski definition) is 2. The fourth-order valence-corrected chi connectivity index (χ4v) is 1.52. The summed E-state index contributed by atoms with van der Waals surface area (Å²) in [5.74, 6) is 1.67. The Morgan fingerprint density at radius 2 is 1.71 bits per heavy atom. The molecule has 0 radical (unpaired) electrons. The summed E-state index contributed by atoms with van der Waals surface area (Å²) in [6, 6.07) is 0.326. The predicted octanol–water partition coefficient (Wildman–Crippen LogP) is 2.18. The lowest BCUT2D eigenvalue weighted by Gasteiger charge is -2.10. The molecule has 1 aromatic heterocycles. The number of rotatable bonds is 11. The van der Waals surface area contributed by atoms with Gasteiger partial charge in [-0.2, -0.15) is 15.0 Å². The van der Waals surface area contributed by atoms with E-state index in [2.05, 4.69) is 39.4 Å². The zero-order valence-electron chi connectivity index (χ0n) is 13.5. The third-order valence-electron chi connectivity index (χ3n) is 2.59. The van der Waals surface area contributed by atoms with E-state index in [4.69, 9.17) is 9.47 Å². The van der Waals surface area contributed by atoms with Crippen LogP contribution in [0.15, 0.2) is 0 Å². The van der Waals surface area contributed by atoms with E-state index in [-0.39, 0.29) is 0 Å². The van der Waals surface area contributed by atoms with E-state index in [0.717, 1.165) is 19.6 Å². The maximum atomic E-state index is 5.54. The molecular weight excluding hydrogens is 270 g/mol. The standard InChI is InChI=1S/C14H27N5O2/c1-5-15-12-17-13(19-14(18-12)21-6-2)16-8-10-20-9-7-11(3)4/h11H,5-10H2,1-4H3,(H2,15,16,17,18,19). The lowest BCUT2D eigenvalue weighted by Crippen LogP contribution is -2.15. The Morgan fingerprint density at radius 3 is 2.33 bits per heavy atom. The van der Waals surface area contributed by atoms with Gasteiger partial charge in [0.05, 0.1) is 13.2 Å². The van der Waals surface area contributed by atoms with Gasteiger partial charge in [0.25, 0.3) is 0 Å². The van der Waals surface area contributed by atoms with Crippen molar-refractivity contribution < 1.29 is 9.47 Å². The van der Waals surface area contributed by atoms with Crippen LogP contribution >= 0.6 is 0 Å². The van der Waals surface area contributed by atoms with Gasteiger partial charge in [0.1, 0.15) is 0 Å². The third-order valence-corrected chi connectivity index (χ3v) is 2.59. The van der Waals surface area contributed by atoms with Gasteiger partial charge in [-0.15, -0.1) is 0 Å². The highest BCUT2D eigenvalue weighted by Gasteiger charge is 2.06. The van der Waals surface area contributed by atoms with Crippen molar-refractivity contribution >= 4 is 11.9 Å². The Balaban J connectivity index is 2.41. The summed E-state index contributed by atoms with van der Waals surface area (Å²) in [5, 5.41) is 6.18. The van der Waals surface area contributed by atoms with Crippen LogP contribution in [0.1, 0.15) is 34.1 Å². The van der Waals surface area contributed by atoms with Crippen LogP contribution in [0.4, 0.5) is 11.9 Å². The molecule has 0 aromatic carbocycles.